The van der Waals surface area contributed by atoms with Crippen LogP contribution in [-0.4, -0.2) is 40.9 Å². The first-order valence-corrected chi connectivity index (χ1v) is 8.53. The lowest BCUT2D eigenvalue weighted by Crippen LogP contribution is -2.52. The Morgan fingerprint density at radius 3 is 2.60 bits per heavy atom. The molecule has 1 spiro atoms. The van der Waals surface area contributed by atoms with Gasteiger partial charge in [0.15, 0.2) is 0 Å². The molecule has 0 unspecified atom stereocenters. The Balaban J connectivity index is 1.60. The summed E-state index contributed by atoms with van der Waals surface area (Å²) in [5, 5.41) is 0. The van der Waals surface area contributed by atoms with Crippen LogP contribution in [0.3, 0.4) is 0 Å². The van der Waals surface area contributed by atoms with Gasteiger partial charge in [-0.3, -0.25) is 9.69 Å². The fraction of sp³-hybridized carbons (Fsp3) is 0.688. The highest BCUT2D eigenvalue weighted by Crippen LogP contribution is 2.39. The Kier molecular flexibility index (Phi) is 3.87. The van der Waals surface area contributed by atoms with Gasteiger partial charge in [-0.2, -0.15) is 0 Å². The van der Waals surface area contributed by atoms with Gasteiger partial charge < -0.3 is 4.90 Å². The van der Waals surface area contributed by atoms with E-state index >= 15 is 0 Å². The summed E-state index contributed by atoms with van der Waals surface area (Å²) in [7, 11) is 0. The maximum atomic E-state index is 12.0. The molecule has 0 saturated carbocycles. The number of nitrogens with zero attached hydrogens (tertiary/aromatic N) is 2. The maximum Gasteiger partial charge on any atom is 0.223 e. The van der Waals surface area contributed by atoms with Gasteiger partial charge in [0.05, 0.1) is 0 Å². The van der Waals surface area contributed by atoms with Gasteiger partial charge in [-0.05, 0) is 45.2 Å². The molecule has 2 saturated heterocycles. The number of hydrogen-bond donors (Lipinski definition) is 0. The second-order valence-electron chi connectivity index (χ2n) is 6.15. The van der Waals surface area contributed by atoms with E-state index in [1.807, 2.05) is 11.3 Å². The van der Waals surface area contributed by atoms with E-state index in [1.54, 1.807) is 0 Å². The molecule has 2 aliphatic heterocycles. The van der Waals surface area contributed by atoms with Crippen LogP contribution in [0.25, 0.3) is 0 Å². The molecule has 0 bridgehead atoms. The Labute approximate surface area is 125 Å². The maximum absolute atomic E-state index is 12.0. The van der Waals surface area contributed by atoms with E-state index in [2.05, 4.69) is 35.8 Å². The largest absolute Gasteiger partial charge is 0.337 e. The number of piperidine rings is 1. The van der Waals surface area contributed by atoms with Crippen LogP contribution in [0.5, 0.6) is 0 Å². The molecule has 4 heteroatoms. The van der Waals surface area contributed by atoms with Crippen molar-refractivity contribution >= 4 is 17.2 Å². The van der Waals surface area contributed by atoms with Gasteiger partial charge in [0.1, 0.15) is 0 Å². The molecule has 1 aromatic rings. The van der Waals surface area contributed by atoms with Crippen LogP contribution in [0.2, 0.25) is 0 Å². The average molecular weight is 292 g/mol. The fourth-order valence-corrected chi connectivity index (χ4v) is 4.76. The van der Waals surface area contributed by atoms with Crippen molar-refractivity contribution in [2.45, 2.75) is 51.6 Å². The molecule has 20 heavy (non-hydrogen) atoms. The van der Waals surface area contributed by atoms with Crippen molar-refractivity contribution in [2.24, 2.45) is 0 Å². The smallest absolute Gasteiger partial charge is 0.223 e. The zero-order chi connectivity index (χ0) is 14.2. The molecule has 1 aromatic heterocycles. The first-order chi connectivity index (χ1) is 9.63. The standard InChI is InChI=1S/C16H24N2OS/c1-3-18-15(19)6-7-16(18)8-10-17(11-9-16)12-14-5-4-13(2)20-14/h4-5H,3,6-12H2,1-2H3. The highest BCUT2D eigenvalue weighted by Gasteiger charge is 2.45. The Bertz CT molecular complexity index is 488. The molecular weight excluding hydrogens is 268 g/mol. The molecule has 3 heterocycles. The highest BCUT2D eigenvalue weighted by molar-refractivity contribution is 7.11. The third-order valence-electron chi connectivity index (χ3n) is 4.96. The van der Waals surface area contributed by atoms with Gasteiger partial charge >= 0.3 is 0 Å². The summed E-state index contributed by atoms with van der Waals surface area (Å²) in [4.78, 5) is 19.5. The third kappa shape index (κ3) is 2.51. The van der Waals surface area contributed by atoms with E-state index in [0.29, 0.717) is 5.91 Å². The Morgan fingerprint density at radius 1 is 1.25 bits per heavy atom. The van der Waals surface area contributed by atoms with Crippen LogP contribution >= 0.6 is 11.3 Å². The topological polar surface area (TPSA) is 23.6 Å². The number of hydrogen-bond acceptors (Lipinski definition) is 3. The summed E-state index contributed by atoms with van der Waals surface area (Å²) in [6, 6.07) is 4.46. The molecule has 0 aliphatic carbocycles. The molecule has 3 nitrogen and oxygen atoms in total. The average Bonchev–Trinajstić information content (AvgIpc) is 2.97. The molecule has 1 amide bonds. The second kappa shape index (κ2) is 5.49. The zero-order valence-corrected chi connectivity index (χ0v) is 13.3. The van der Waals surface area contributed by atoms with Crippen LogP contribution < -0.4 is 0 Å². The van der Waals surface area contributed by atoms with Crippen molar-refractivity contribution in [1.29, 1.82) is 0 Å². The molecule has 110 valence electrons. The monoisotopic (exact) mass is 292 g/mol. The van der Waals surface area contributed by atoms with Crippen LogP contribution in [0, 0.1) is 6.92 Å². The van der Waals surface area contributed by atoms with E-state index in [-0.39, 0.29) is 5.54 Å². The zero-order valence-electron chi connectivity index (χ0n) is 12.5. The molecule has 0 aromatic carbocycles. The van der Waals surface area contributed by atoms with Crippen molar-refractivity contribution < 1.29 is 4.79 Å². The van der Waals surface area contributed by atoms with E-state index in [9.17, 15) is 4.79 Å². The number of amides is 1. The highest BCUT2D eigenvalue weighted by atomic mass is 32.1. The molecule has 0 N–H and O–H groups in total. The summed E-state index contributed by atoms with van der Waals surface area (Å²) in [5.41, 5.74) is 0.188. The quantitative estimate of drug-likeness (QED) is 0.855. The van der Waals surface area contributed by atoms with Gasteiger partial charge in [0, 0.05) is 47.9 Å². The SMILES string of the molecule is CCN1C(=O)CCC12CCN(Cc1ccc(C)s1)CC2. The predicted molar refractivity (Wildman–Crippen MR) is 82.9 cm³/mol. The van der Waals surface area contributed by atoms with Crippen molar-refractivity contribution in [3.8, 4) is 0 Å². The number of carbonyl (C=O) groups is 1. The number of aryl methyl sites for hydroxylation is 1. The minimum atomic E-state index is 0.188. The number of likely N-dealkylation sites (tertiary alicyclic amines) is 2. The Morgan fingerprint density at radius 2 is 2.00 bits per heavy atom. The molecule has 3 rings (SSSR count). The lowest BCUT2D eigenvalue weighted by atomic mass is 9.85. The summed E-state index contributed by atoms with van der Waals surface area (Å²) in [6.07, 6.45) is 4.14. The number of carbonyl (C=O) groups excluding carboxylic acids is 1. The number of thiophene rings is 1. The van der Waals surface area contributed by atoms with Crippen molar-refractivity contribution in [2.75, 3.05) is 19.6 Å². The summed E-state index contributed by atoms with van der Waals surface area (Å²) in [6.45, 7) is 8.49. The first-order valence-electron chi connectivity index (χ1n) is 7.71. The molecular formula is C16H24N2OS. The fourth-order valence-electron chi connectivity index (χ4n) is 3.82. The van der Waals surface area contributed by atoms with Crippen LogP contribution in [0.4, 0.5) is 0 Å². The Hall–Kier alpha value is -0.870. The van der Waals surface area contributed by atoms with Gasteiger partial charge in [0.25, 0.3) is 0 Å². The number of rotatable bonds is 3. The third-order valence-corrected chi connectivity index (χ3v) is 5.94. The van der Waals surface area contributed by atoms with Crippen LogP contribution in [0.15, 0.2) is 12.1 Å². The normalized spacial score (nSPS) is 22.9. The van der Waals surface area contributed by atoms with Crippen molar-refractivity contribution in [3.63, 3.8) is 0 Å². The van der Waals surface area contributed by atoms with Crippen LogP contribution in [-0.2, 0) is 11.3 Å². The van der Waals surface area contributed by atoms with Crippen LogP contribution in [0.1, 0.15) is 42.4 Å². The van der Waals surface area contributed by atoms with Gasteiger partial charge in [0.2, 0.25) is 5.91 Å². The summed E-state index contributed by atoms with van der Waals surface area (Å²) in [5.74, 6) is 0.370. The minimum absolute atomic E-state index is 0.188. The molecule has 0 atom stereocenters. The molecule has 2 fully saturated rings. The first kappa shape index (κ1) is 14.1. The lowest BCUT2D eigenvalue weighted by molar-refractivity contribution is -0.132. The van der Waals surface area contributed by atoms with Crippen molar-refractivity contribution in [1.82, 2.24) is 9.80 Å². The summed E-state index contributed by atoms with van der Waals surface area (Å²) < 4.78 is 0. The second-order valence-corrected chi connectivity index (χ2v) is 7.52. The van der Waals surface area contributed by atoms with Gasteiger partial charge in [-0.1, -0.05) is 0 Å². The van der Waals surface area contributed by atoms with E-state index in [1.165, 1.54) is 9.75 Å². The lowest BCUT2D eigenvalue weighted by Gasteiger charge is -2.44. The summed E-state index contributed by atoms with van der Waals surface area (Å²) >= 11 is 1.90. The minimum Gasteiger partial charge on any atom is -0.337 e. The van der Waals surface area contributed by atoms with E-state index in [4.69, 9.17) is 0 Å². The molecule has 0 radical (unpaired) electrons. The van der Waals surface area contributed by atoms with Crippen molar-refractivity contribution in [3.05, 3.63) is 21.9 Å². The molecule has 2 aliphatic rings. The predicted octanol–water partition coefficient (Wildman–Crippen LogP) is 3.03. The van der Waals surface area contributed by atoms with E-state index < -0.39 is 0 Å². The van der Waals surface area contributed by atoms with E-state index in [0.717, 1.165) is 51.9 Å². The van der Waals surface area contributed by atoms with Gasteiger partial charge in [-0.25, -0.2) is 0 Å². The van der Waals surface area contributed by atoms with Gasteiger partial charge in [-0.15, -0.1) is 11.3 Å².